The Morgan fingerprint density at radius 1 is 1.11 bits per heavy atom. The Morgan fingerprint density at radius 2 is 1.63 bits per heavy atom. The van der Waals surface area contributed by atoms with Crippen molar-refractivity contribution in [2.75, 3.05) is 0 Å². The Labute approximate surface area is 126 Å². The van der Waals surface area contributed by atoms with Crippen LogP contribution < -0.4 is 4.43 Å². The molecule has 0 aliphatic rings. The molecule has 0 unspecified atom stereocenters. The van der Waals surface area contributed by atoms with Gasteiger partial charge in [0, 0.05) is 10.0 Å². The van der Waals surface area contributed by atoms with Crippen LogP contribution in [-0.4, -0.2) is 13.4 Å². The monoisotopic (exact) mass is 344 g/mol. The van der Waals surface area contributed by atoms with E-state index in [9.17, 15) is 5.11 Å². The Bertz CT molecular complexity index is 456. The highest BCUT2D eigenvalue weighted by Crippen LogP contribution is 2.40. The second-order valence-corrected chi connectivity index (χ2v) is 12.7. The van der Waals surface area contributed by atoms with Crippen molar-refractivity contribution < 1.29 is 9.53 Å². The quantitative estimate of drug-likeness (QED) is 0.776. The van der Waals surface area contributed by atoms with E-state index in [1.54, 1.807) is 13.8 Å². The highest BCUT2D eigenvalue weighted by atomic mass is 79.9. The van der Waals surface area contributed by atoms with E-state index in [0.717, 1.165) is 15.8 Å². The molecular formula is C15H25BrO2Si. The lowest BCUT2D eigenvalue weighted by atomic mass is 9.98. The Kier molecular flexibility index (Phi) is 4.60. The second kappa shape index (κ2) is 5.22. The molecule has 0 atom stereocenters. The lowest BCUT2D eigenvalue weighted by Crippen LogP contribution is -2.44. The second-order valence-electron chi connectivity index (χ2n) is 7.06. The highest BCUT2D eigenvalue weighted by molar-refractivity contribution is 9.10. The molecule has 19 heavy (non-hydrogen) atoms. The topological polar surface area (TPSA) is 29.5 Å². The summed E-state index contributed by atoms with van der Waals surface area (Å²) in [6.45, 7) is 14.6. The van der Waals surface area contributed by atoms with Crippen molar-refractivity contribution in [1.82, 2.24) is 0 Å². The molecule has 0 amide bonds. The fourth-order valence-electron chi connectivity index (χ4n) is 1.51. The SMILES string of the molecule is CC(C)(O)c1ccc(Br)cc1O[Si](C)(C)C(C)(C)C. The van der Waals surface area contributed by atoms with Crippen LogP contribution >= 0.6 is 15.9 Å². The number of benzene rings is 1. The number of rotatable bonds is 3. The zero-order valence-electron chi connectivity index (χ0n) is 13.0. The molecular weight excluding hydrogens is 320 g/mol. The summed E-state index contributed by atoms with van der Waals surface area (Å²) < 4.78 is 7.32. The predicted octanol–water partition coefficient (Wildman–Crippen LogP) is 5.06. The predicted molar refractivity (Wildman–Crippen MR) is 87.2 cm³/mol. The lowest BCUT2D eigenvalue weighted by molar-refractivity contribution is 0.0766. The van der Waals surface area contributed by atoms with Crippen molar-refractivity contribution in [2.24, 2.45) is 0 Å². The van der Waals surface area contributed by atoms with Gasteiger partial charge in [0.05, 0.1) is 5.60 Å². The first-order chi connectivity index (χ1) is 8.34. The van der Waals surface area contributed by atoms with E-state index in [4.69, 9.17) is 4.43 Å². The molecule has 0 aliphatic carbocycles. The molecule has 0 fully saturated rings. The van der Waals surface area contributed by atoms with Gasteiger partial charge >= 0.3 is 0 Å². The minimum atomic E-state index is -1.91. The molecule has 0 bridgehead atoms. The first-order valence-electron chi connectivity index (χ1n) is 6.56. The summed E-state index contributed by atoms with van der Waals surface area (Å²) in [6, 6.07) is 5.81. The maximum atomic E-state index is 10.3. The van der Waals surface area contributed by atoms with Crippen molar-refractivity contribution in [3.8, 4) is 5.75 Å². The van der Waals surface area contributed by atoms with E-state index in [0.29, 0.717) is 0 Å². The van der Waals surface area contributed by atoms with Crippen LogP contribution in [-0.2, 0) is 5.60 Å². The summed E-state index contributed by atoms with van der Waals surface area (Å²) in [4.78, 5) is 0. The normalized spacial score (nSPS) is 13.5. The summed E-state index contributed by atoms with van der Waals surface area (Å²) in [6.07, 6.45) is 0. The molecule has 1 rings (SSSR count). The van der Waals surface area contributed by atoms with Crippen molar-refractivity contribution in [2.45, 2.75) is 58.4 Å². The smallest absolute Gasteiger partial charge is 0.250 e. The van der Waals surface area contributed by atoms with Crippen LogP contribution in [0, 0.1) is 0 Å². The molecule has 4 heteroatoms. The van der Waals surface area contributed by atoms with Gasteiger partial charge in [-0.25, -0.2) is 0 Å². The van der Waals surface area contributed by atoms with Gasteiger partial charge in [-0.15, -0.1) is 0 Å². The fourth-order valence-corrected chi connectivity index (χ4v) is 2.88. The number of halogens is 1. The molecule has 0 spiro atoms. The van der Waals surface area contributed by atoms with E-state index >= 15 is 0 Å². The number of aliphatic hydroxyl groups is 1. The van der Waals surface area contributed by atoms with Crippen LogP contribution in [0.25, 0.3) is 0 Å². The molecule has 108 valence electrons. The summed E-state index contributed by atoms with van der Waals surface area (Å²) in [5.41, 5.74) is -0.0705. The van der Waals surface area contributed by atoms with Gasteiger partial charge < -0.3 is 9.53 Å². The maximum Gasteiger partial charge on any atom is 0.250 e. The summed E-state index contributed by atoms with van der Waals surface area (Å²) >= 11 is 3.47. The van der Waals surface area contributed by atoms with Crippen molar-refractivity contribution in [3.63, 3.8) is 0 Å². The fraction of sp³-hybridized carbons (Fsp3) is 0.600. The number of hydrogen-bond acceptors (Lipinski definition) is 2. The summed E-state index contributed by atoms with van der Waals surface area (Å²) in [7, 11) is -1.91. The molecule has 1 aromatic carbocycles. The van der Waals surface area contributed by atoms with Gasteiger partial charge in [0.2, 0.25) is 8.32 Å². The third kappa shape index (κ3) is 4.07. The van der Waals surface area contributed by atoms with Gasteiger partial charge in [-0.3, -0.25) is 0 Å². The average molecular weight is 345 g/mol. The van der Waals surface area contributed by atoms with Crippen LogP contribution in [0.15, 0.2) is 22.7 Å². The zero-order chi connectivity index (χ0) is 15.1. The van der Waals surface area contributed by atoms with E-state index in [-0.39, 0.29) is 5.04 Å². The molecule has 0 saturated heterocycles. The molecule has 1 aromatic rings. The molecule has 0 saturated carbocycles. The van der Waals surface area contributed by atoms with Crippen molar-refractivity contribution >= 4 is 24.2 Å². The largest absolute Gasteiger partial charge is 0.543 e. The Morgan fingerprint density at radius 3 is 2.05 bits per heavy atom. The number of hydrogen-bond donors (Lipinski definition) is 1. The van der Waals surface area contributed by atoms with Crippen LogP contribution in [0.5, 0.6) is 5.75 Å². The maximum absolute atomic E-state index is 10.3. The Balaban J connectivity index is 3.24. The van der Waals surface area contributed by atoms with Gasteiger partial charge in [-0.2, -0.15) is 0 Å². The van der Waals surface area contributed by atoms with Gasteiger partial charge in [0.1, 0.15) is 5.75 Å². The first-order valence-corrected chi connectivity index (χ1v) is 10.3. The van der Waals surface area contributed by atoms with Gasteiger partial charge in [-0.1, -0.05) is 42.8 Å². The van der Waals surface area contributed by atoms with E-state index in [1.165, 1.54) is 0 Å². The van der Waals surface area contributed by atoms with Crippen LogP contribution in [0.2, 0.25) is 18.1 Å². The van der Waals surface area contributed by atoms with Gasteiger partial charge in [0.25, 0.3) is 0 Å². The third-order valence-electron chi connectivity index (χ3n) is 3.77. The third-order valence-corrected chi connectivity index (χ3v) is 8.61. The minimum Gasteiger partial charge on any atom is -0.543 e. The summed E-state index contributed by atoms with van der Waals surface area (Å²) in [5, 5.41) is 10.4. The van der Waals surface area contributed by atoms with E-state index in [1.807, 2.05) is 18.2 Å². The standard InChI is InChI=1S/C15H25BrO2Si/c1-14(2,3)19(6,7)18-13-10-11(16)8-9-12(13)15(4,5)17/h8-10,17H,1-7H3. The molecule has 0 aromatic heterocycles. The minimum absolute atomic E-state index is 0.131. The lowest BCUT2D eigenvalue weighted by Gasteiger charge is -2.38. The molecule has 0 aliphatic heterocycles. The average Bonchev–Trinajstić information content (AvgIpc) is 2.12. The van der Waals surface area contributed by atoms with Gasteiger partial charge in [0.15, 0.2) is 0 Å². The highest BCUT2D eigenvalue weighted by Gasteiger charge is 2.40. The van der Waals surface area contributed by atoms with Crippen LogP contribution in [0.3, 0.4) is 0 Å². The molecule has 0 heterocycles. The van der Waals surface area contributed by atoms with E-state index < -0.39 is 13.9 Å². The van der Waals surface area contributed by atoms with Gasteiger partial charge in [-0.05, 0) is 44.1 Å². The zero-order valence-corrected chi connectivity index (χ0v) is 15.6. The van der Waals surface area contributed by atoms with Crippen LogP contribution in [0.4, 0.5) is 0 Å². The van der Waals surface area contributed by atoms with Crippen LogP contribution in [0.1, 0.15) is 40.2 Å². The summed E-state index contributed by atoms with van der Waals surface area (Å²) in [5.74, 6) is 0.786. The van der Waals surface area contributed by atoms with Crippen molar-refractivity contribution in [1.29, 1.82) is 0 Å². The molecule has 2 nitrogen and oxygen atoms in total. The Hall–Kier alpha value is -0.323. The molecule has 0 radical (unpaired) electrons. The van der Waals surface area contributed by atoms with E-state index in [2.05, 4.69) is 49.8 Å². The molecule has 1 N–H and O–H groups in total. The first kappa shape index (κ1) is 16.7. The van der Waals surface area contributed by atoms with Crippen molar-refractivity contribution in [3.05, 3.63) is 28.2 Å².